The number of rotatable bonds is 6. The van der Waals surface area contributed by atoms with Crippen molar-refractivity contribution in [1.82, 2.24) is 25.1 Å². The van der Waals surface area contributed by atoms with Gasteiger partial charge in [0.05, 0.1) is 18.2 Å². The molecule has 0 atom stereocenters. The van der Waals surface area contributed by atoms with E-state index in [2.05, 4.69) is 25.3 Å². The maximum Gasteiger partial charge on any atom is 0.289 e. The highest BCUT2D eigenvalue weighted by Crippen LogP contribution is 2.26. The van der Waals surface area contributed by atoms with E-state index in [1.54, 1.807) is 10.9 Å². The smallest absolute Gasteiger partial charge is 0.289 e. The summed E-state index contributed by atoms with van der Waals surface area (Å²) in [7, 11) is 1.82. The van der Waals surface area contributed by atoms with Crippen LogP contribution in [0, 0.1) is 0 Å². The van der Waals surface area contributed by atoms with Gasteiger partial charge in [-0.2, -0.15) is 5.10 Å². The van der Waals surface area contributed by atoms with Gasteiger partial charge in [-0.25, -0.2) is 9.97 Å². The fraction of sp³-hybridized carbons (Fsp3) is 0.400. The molecule has 2 aromatic heterocycles. The largest absolute Gasteiger partial charge is 0.494 e. The lowest BCUT2D eigenvalue weighted by molar-refractivity contribution is 0.0941. The van der Waals surface area contributed by atoms with Crippen molar-refractivity contribution in [1.29, 1.82) is 0 Å². The first kappa shape index (κ1) is 18.2. The van der Waals surface area contributed by atoms with E-state index in [1.165, 1.54) is 0 Å². The van der Waals surface area contributed by atoms with Crippen molar-refractivity contribution in [3.63, 3.8) is 0 Å². The first-order valence-corrected chi connectivity index (χ1v) is 9.60. The molecule has 0 aliphatic carbocycles. The Morgan fingerprint density at radius 2 is 2.07 bits per heavy atom. The second-order valence-electron chi connectivity index (χ2n) is 6.83. The number of amides is 1. The zero-order valence-electron chi connectivity index (χ0n) is 16.2. The van der Waals surface area contributed by atoms with Crippen molar-refractivity contribution >= 4 is 22.8 Å². The van der Waals surface area contributed by atoms with Crippen molar-refractivity contribution in [2.75, 3.05) is 24.6 Å². The van der Waals surface area contributed by atoms with Gasteiger partial charge in [0.1, 0.15) is 11.6 Å². The first-order valence-electron chi connectivity index (χ1n) is 9.60. The van der Waals surface area contributed by atoms with Crippen LogP contribution in [0.5, 0.6) is 5.75 Å². The van der Waals surface area contributed by atoms with Crippen LogP contribution in [0.1, 0.15) is 35.9 Å². The average Bonchev–Trinajstić information content (AvgIpc) is 3.37. The Labute approximate surface area is 163 Å². The normalized spacial score (nSPS) is 13.9. The summed E-state index contributed by atoms with van der Waals surface area (Å²) in [4.78, 5) is 24.0. The van der Waals surface area contributed by atoms with Gasteiger partial charge in [-0.05, 0) is 37.5 Å². The molecule has 28 heavy (non-hydrogen) atoms. The van der Waals surface area contributed by atoms with Gasteiger partial charge in [-0.15, -0.1) is 0 Å². The molecule has 0 bridgehead atoms. The lowest BCUT2D eigenvalue weighted by Gasteiger charge is -2.17. The van der Waals surface area contributed by atoms with E-state index < -0.39 is 0 Å². The summed E-state index contributed by atoms with van der Waals surface area (Å²) in [5.41, 5.74) is 1.63. The van der Waals surface area contributed by atoms with Crippen LogP contribution in [0.4, 0.5) is 5.82 Å². The highest BCUT2D eigenvalue weighted by molar-refractivity contribution is 5.95. The van der Waals surface area contributed by atoms with Crippen molar-refractivity contribution in [3.8, 4) is 5.75 Å². The first-order chi connectivity index (χ1) is 13.7. The third-order valence-electron chi connectivity index (χ3n) is 4.84. The van der Waals surface area contributed by atoms with Gasteiger partial charge < -0.3 is 15.0 Å². The molecule has 8 nitrogen and oxygen atoms in total. The highest BCUT2D eigenvalue weighted by atomic mass is 16.5. The number of carbonyl (C=O) groups excluding carboxylic acids is 1. The highest BCUT2D eigenvalue weighted by Gasteiger charge is 2.22. The molecule has 0 radical (unpaired) electrons. The Morgan fingerprint density at radius 3 is 2.86 bits per heavy atom. The van der Waals surface area contributed by atoms with Crippen LogP contribution in [0.25, 0.3) is 11.0 Å². The topological polar surface area (TPSA) is 85.2 Å². The number of hydrogen-bond acceptors (Lipinski definition) is 6. The van der Waals surface area contributed by atoms with Crippen LogP contribution in [0.3, 0.4) is 0 Å². The fourth-order valence-electron chi connectivity index (χ4n) is 3.45. The number of benzene rings is 1. The molecule has 1 amide bonds. The Kier molecular flexibility index (Phi) is 5.10. The Morgan fingerprint density at radius 1 is 1.25 bits per heavy atom. The number of nitrogens with zero attached hydrogens (tertiary/aromatic N) is 5. The minimum absolute atomic E-state index is 0.166. The van der Waals surface area contributed by atoms with Gasteiger partial charge in [-0.3, -0.25) is 9.48 Å². The van der Waals surface area contributed by atoms with Crippen LogP contribution in [-0.2, 0) is 13.6 Å². The summed E-state index contributed by atoms with van der Waals surface area (Å²) in [5.74, 6) is 1.45. The molecular formula is C20H24N6O2. The van der Waals surface area contributed by atoms with Gasteiger partial charge in [-0.1, -0.05) is 12.1 Å². The van der Waals surface area contributed by atoms with Gasteiger partial charge in [0.25, 0.3) is 5.91 Å². The van der Waals surface area contributed by atoms with Crippen LogP contribution in [-0.4, -0.2) is 45.4 Å². The SMILES string of the molecule is CCOc1cccc(CNC(=O)c2nc(N3CCCC3)c3cnn(C)c3n2)c1. The number of fused-ring (bicyclic) bond motifs is 1. The van der Waals surface area contributed by atoms with E-state index in [4.69, 9.17) is 4.74 Å². The molecule has 1 fully saturated rings. The molecule has 4 rings (SSSR count). The molecule has 1 saturated heterocycles. The molecule has 8 heteroatoms. The summed E-state index contributed by atoms with van der Waals surface area (Å²) in [6.07, 6.45) is 4.02. The zero-order chi connectivity index (χ0) is 19.5. The van der Waals surface area contributed by atoms with Crippen LogP contribution in [0.2, 0.25) is 0 Å². The number of anilines is 1. The minimum atomic E-state index is -0.301. The summed E-state index contributed by atoms with van der Waals surface area (Å²) in [6.45, 7) is 4.80. The Balaban J connectivity index is 1.57. The maximum atomic E-state index is 12.8. The van der Waals surface area contributed by atoms with E-state index in [0.717, 1.165) is 48.4 Å². The molecule has 1 N–H and O–H groups in total. The van der Waals surface area contributed by atoms with Gasteiger partial charge in [0.2, 0.25) is 5.82 Å². The van der Waals surface area contributed by atoms with Crippen molar-refractivity contribution in [2.45, 2.75) is 26.3 Å². The van der Waals surface area contributed by atoms with E-state index >= 15 is 0 Å². The monoisotopic (exact) mass is 380 g/mol. The van der Waals surface area contributed by atoms with E-state index in [0.29, 0.717) is 18.8 Å². The van der Waals surface area contributed by atoms with Crippen LogP contribution >= 0.6 is 0 Å². The molecule has 146 valence electrons. The summed E-state index contributed by atoms with van der Waals surface area (Å²) < 4.78 is 7.19. The fourth-order valence-corrected chi connectivity index (χ4v) is 3.45. The zero-order valence-corrected chi connectivity index (χ0v) is 16.2. The lowest BCUT2D eigenvalue weighted by atomic mass is 10.2. The predicted molar refractivity (Wildman–Crippen MR) is 107 cm³/mol. The molecule has 1 aliphatic heterocycles. The molecule has 1 aliphatic rings. The third-order valence-corrected chi connectivity index (χ3v) is 4.84. The second kappa shape index (κ2) is 7.84. The van der Waals surface area contributed by atoms with Crippen LogP contribution < -0.4 is 15.0 Å². The summed E-state index contributed by atoms with van der Waals surface area (Å²) in [6, 6.07) is 7.68. The number of ether oxygens (including phenoxy) is 1. The Bertz CT molecular complexity index is 994. The average molecular weight is 380 g/mol. The molecule has 0 unspecified atom stereocenters. The van der Waals surface area contributed by atoms with Crippen LogP contribution in [0.15, 0.2) is 30.5 Å². The standard InChI is InChI=1S/C20H24N6O2/c1-3-28-15-8-6-7-14(11-15)12-21-20(27)17-23-18-16(13-22-25(18)2)19(24-17)26-9-4-5-10-26/h6-8,11,13H,3-5,9-10,12H2,1-2H3,(H,21,27). The molecule has 0 saturated carbocycles. The summed E-state index contributed by atoms with van der Waals surface area (Å²) >= 11 is 0. The molecular weight excluding hydrogens is 356 g/mol. The Hall–Kier alpha value is -3.16. The third kappa shape index (κ3) is 3.62. The second-order valence-corrected chi connectivity index (χ2v) is 6.83. The van der Waals surface area contributed by atoms with Crippen molar-refractivity contribution in [3.05, 3.63) is 41.9 Å². The van der Waals surface area contributed by atoms with E-state index in [1.807, 2.05) is 38.2 Å². The molecule has 1 aromatic carbocycles. The maximum absolute atomic E-state index is 12.8. The van der Waals surface area contributed by atoms with Crippen molar-refractivity contribution in [2.24, 2.45) is 7.05 Å². The lowest BCUT2D eigenvalue weighted by Crippen LogP contribution is -2.27. The minimum Gasteiger partial charge on any atom is -0.494 e. The summed E-state index contributed by atoms with van der Waals surface area (Å²) in [5, 5.41) is 8.08. The number of aryl methyl sites for hydroxylation is 1. The number of aromatic nitrogens is 4. The quantitative estimate of drug-likeness (QED) is 0.706. The van der Waals surface area contributed by atoms with Crippen molar-refractivity contribution < 1.29 is 9.53 Å². The van der Waals surface area contributed by atoms with Gasteiger partial charge >= 0.3 is 0 Å². The van der Waals surface area contributed by atoms with E-state index in [-0.39, 0.29) is 11.7 Å². The predicted octanol–water partition coefficient (Wildman–Crippen LogP) is 2.29. The van der Waals surface area contributed by atoms with Gasteiger partial charge in [0.15, 0.2) is 5.65 Å². The van der Waals surface area contributed by atoms with E-state index in [9.17, 15) is 4.79 Å². The number of hydrogen-bond donors (Lipinski definition) is 1. The number of carbonyl (C=O) groups is 1. The molecule has 3 heterocycles. The number of nitrogens with one attached hydrogen (secondary N) is 1. The molecule has 0 spiro atoms. The molecule has 3 aromatic rings. The van der Waals surface area contributed by atoms with Gasteiger partial charge in [0, 0.05) is 26.7 Å².